The van der Waals surface area contributed by atoms with Gasteiger partial charge >= 0.3 is 0 Å². The largest absolute Gasteiger partial charge is 0.317 e. The van der Waals surface area contributed by atoms with Crippen LogP contribution in [0.3, 0.4) is 0 Å². The van der Waals surface area contributed by atoms with Crippen molar-refractivity contribution in [3.05, 3.63) is 34.6 Å². The van der Waals surface area contributed by atoms with E-state index in [2.05, 4.69) is 12.2 Å². The summed E-state index contributed by atoms with van der Waals surface area (Å²) in [5, 5.41) is 3.85. The molecule has 1 nitrogen and oxygen atoms in total. The Morgan fingerprint density at radius 3 is 3.00 bits per heavy atom. The number of hydrogen-bond donors (Lipinski definition) is 1. The average Bonchev–Trinajstić information content (AvgIpc) is 2.94. The molecule has 1 aromatic carbocycles. The lowest BCUT2D eigenvalue weighted by Gasteiger charge is -2.05. The Bertz CT molecular complexity index is 333. The average molecular weight is 228 g/mol. The van der Waals surface area contributed by atoms with Gasteiger partial charge in [0.25, 0.3) is 0 Å². The van der Waals surface area contributed by atoms with Crippen LogP contribution in [0.1, 0.15) is 24.8 Å². The normalized spacial score (nSPS) is 24.2. The zero-order valence-corrected chi connectivity index (χ0v) is 9.52. The Morgan fingerprint density at radius 2 is 2.33 bits per heavy atom. The Hall–Kier alpha value is -0.600. The summed E-state index contributed by atoms with van der Waals surface area (Å²) in [7, 11) is 0. The molecule has 0 radical (unpaired) electrons. The van der Waals surface area contributed by atoms with E-state index in [1.807, 2.05) is 0 Å². The van der Waals surface area contributed by atoms with E-state index in [0.29, 0.717) is 22.4 Å². The quantitative estimate of drug-likeness (QED) is 0.833. The second-order valence-corrected chi connectivity index (χ2v) is 4.45. The molecule has 0 aromatic heterocycles. The zero-order valence-electron chi connectivity index (χ0n) is 8.76. The molecule has 1 saturated carbocycles. The van der Waals surface area contributed by atoms with Gasteiger partial charge in [-0.3, -0.25) is 0 Å². The summed E-state index contributed by atoms with van der Waals surface area (Å²) in [6.45, 7) is 4.01. The third kappa shape index (κ3) is 2.32. The summed E-state index contributed by atoms with van der Waals surface area (Å²) < 4.78 is 13.5. The molecule has 2 atom stereocenters. The summed E-state index contributed by atoms with van der Waals surface area (Å²) in [5.74, 6) is 0.712. The van der Waals surface area contributed by atoms with Crippen LogP contribution in [0.25, 0.3) is 0 Å². The minimum atomic E-state index is -0.161. The van der Waals surface area contributed by atoms with Crippen molar-refractivity contribution in [1.82, 2.24) is 5.32 Å². The van der Waals surface area contributed by atoms with E-state index in [-0.39, 0.29) is 5.82 Å². The van der Waals surface area contributed by atoms with E-state index in [1.165, 1.54) is 6.07 Å². The van der Waals surface area contributed by atoms with Crippen LogP contribution in [0.15, 0.2) is 18.2 Å². The third-order valence-electron chi connectivity index (χ3n) is 2.95. The van der Waals surface area contributed by atoms with Gasteiger partial charge in [0.15, 0.2) is 0 Å². The molecule has 2 unspecified atom stereocenters. The molecule has 0 spiro atoms. The van der Waals surface area contributed by atoms with E-state index in [9.17, 15) is 4.39 Å². The molecular formula is C12H15ClFN. The molecule has 1 aliphatic rings. The Balaban J connectivity index is 2.06. The van der Waals surface area contributed by atoms with Crippen molar-refractivity contribution < 1.29 is 4.39 Å². The van der Waals surface area contributed by atoms with Crippen molar-refractivity contribution in [1.29, 1.82) is 0 Å². The molecule has 0 aliphatic heterocycles. The maximum Gasteiger partial charge on any atom is 0.128 e. The maximum absolute atomic E-state index is 13.5. The van der Waals surface area contributed by atoms with Gasteiger partial charge < -0.3 is 5.32 Å². The van der Waals surface area contributed by atoms with Crippen molar-refractivity contribution in [2.75, 3.05) is 13.1 Å². The highest BCUT2D eigenvalue weighted by atomic mass is 35.5. The molecule has 0 amide bonds. The molecule has 1 aromatic rings. The summed E-state index contributed by atoms with van der Waals surface area (Å²) in [5.41, 5.74) is 0.710. The first kappa shape index (κ1) is 10.9. The first-order valence-corrected chi connectivity index (χ1v) is 5.76. The fourth-order valence-electron chi connectivity index (χ4n) is 2.02. The van der Waals surface area contributed by atoms with Gasteiger partial charge in [-0.1, -0.05) is 24.6 Å². The summed E-state index contributed by atoms with van der Waals surface area (Å²) in [6.07, 6.45) is 1.05. The number of halogens is 2. The number of rotatable bonds is 4. The van der Waals surface area contributed by atoms with Gasteiger partial charge in [-0.25, -0.2) is 4.39 Å². The molecule has 15 heavy (non-hydrogen) atoms. The summed E-state index contributed by atoms with van der Waals surface area (Å²) in [6, 6.07) is 4.91. The smallest absolute Gasteiger partial charge is 0.128 e. The number of hydrogen-bond acceptors (Lipinski definition) is 1. The van der Waals surface area contributed by atoms with Gasteiger partial charge in [0.05, 0.1) is 0 Å². The first-order valence-electron chi connectivity index (χ1n) is 5.38. The van der Waals surface area contributed by atoms with Crippen LogP contribution in [0.5, 0.6) is 0 Å². The molecule has 2 rings (SSSR count). The van der Waals surface area contributed by atoms with E-state index in [1.54, 1.807) is 12.1 Å². The van der Waals surface area contributed by atoms with Crippen LogP contribution in [0.2, 0.25) is 5.02 Å². The lowest BCUT2D eigenvalue weighted by atomic mass is 10.1. The Morgan fingerprint density at radius 1 is 1.53 bits per heavy atom. The second-order valence-electron chi connectivity index (χ2n) is 4.05. The fourth-order valence-corrected chi connectivity index (χ4v) is 2.32. The molecule has 82 valence electrons. The molecular weight excluding hydrogens is 213 g/mol. The van der Waals surface area contributed by atoms with Crippen molar-refractivity contribution in [2.45, 2.75) is 19.3 Å². The highest BCUT2D eigenvalue weighted by Gasteiger charge is 2.40. The van der Waals surface area contributed by atoms with Gasteiger partial charge in [0.1, 0.15) is 5.82 Å². The van der Waals surface area contributed by atoms with Crippen LogP contribution < -0.4 is 5.32 Å². The first-order chi connectivity index (χ1) is 7.24. The van der Waals surface area contributed by atoms with Crippen LogP contribution in [-0.4, -0.2) is 13.1 Å². The molecule has 1 fully saturated rings. The predicted molar refractivity (Wildman–Crippen MR) is 60.8 cm³/mol. The SMILES string of the molecule is CCNCC1CC1c1c(F)cccc1Cl. The Kier molecular flexibility index (Phi) is 3.27. The predicted octanol–water partition coefficient (Wildman–Crippen LogP) is 3.19. The highest BCUT2D eigenvalue weighted by molar-refractivity contribution is 6.31. The summed E-state index contributed by atoms with van der Waals surface area (Å²) in [4.78, 5) is 0. The monoisotopic (exact) mass is 227 g/mol. The maximum atomic E-state index is 13.5. The van der Waals surface area contributed by atoms with E-state index in [4.69, 9.17) is 11.6 Å². The van der Waals surface area contributed by atoms with Crippen molar-refractivity contribution in [3.8, 4) is 0 Å². The van der Waals surface area contributed by atoms with Gasteiger partial charge in [-0.05, 0) is 43.5 Å². The van der Waals surface area contributed by atoms with Crippen LogP contribution in [-0.2, 0) is 0 Å². The minimum Gasteiger partial charge on any atom is -0.317 e. The molecule has 1 aliphatic carbocycles. The van der Waals surface area contributed by atoms with Gasteiger partial charge in [0, 0.05) is 10.6 Å². The van der Waals surface area contributed by atoms with E-state index in [0.717, 1.165) is 19.5 Å². The van der Waals surface area contributed by atoms with Gasteiger partial charge in [-0.2, -0.15) is 0 Å². The Labute approximate surface area is 94.6 Å². The fraction of sp³-hybridized carbons (Fsp3) is 0.500. The minimum absolute atomic E-state index is 0.161. The molecule has 0 heterocycles. The number of nitrogens with one attached hydrogen (secondary N) is 1. The second kappa shape index (κ2) is 4.50. The van der Waals surface area contributed by atoms with Crippen molar-refractivity contribution in [3.63, 3.8) is 0 Å². The van der Waals surface area contributed by atoms with Gasteiger partial charge in [0.2, 0.25) is 0 Å². The molecule has 1 N–H and O–H groups in total. The topological polar surface area (TPSA) is 12.0 Å². The van der Waals surface area contributed by atoms with E-state index >= 15 is 0 Å². The summed E-state index contributed by atoms with van der Waals surface area (Å²) >= 11 is 6.00. The van der Waals surface area contributed by atoms with E-state index < -0.39 is 0 Å². The third-order valence-corrected chi connectivity index (χ3v) is 3.28. The van der Waals surface area contributed by atoms with Crippen molar-refractivity contribution >= 4 is 11.6 Å². The number of benzene rings is 1. The zero-order chi connectivity index (χ0) is 10.8. The van der Waals surface area contributed by atoms with Crippen LogP contribution in [0, 0.1) is 11.7 Å². The molecule has 0 bridgehead atoms. The lowest BCUT2D eigenvalue weighted by molar-refractivity contribution is 0.597. The van der Waals surface area contributed by atoms with Crippen LogP contribution >= 0.6 is 11.6 Å². The highest BCUT2D eigenvalue weighted by Crippen LogP contribution is 2.49. The van der Waals surface area contributed by atoms with Crippen molar-refractivity contribution in [2.24, 2.45) is 5.92 Å². The lowest BCUT2D eigenvalue weighted by Crippen LogP contribution is -2.16. The van der Waals surface area contributed by atoms with Crippen LogP contribution in [0.4, 0.5) is 4.39 Å². The standard InChI is InChI=1S/C12H15ClFN/c1-2-15-7-8-6-9(8)12-10(13)4-3-5-11(12)14/h3-5,8-9,15H,2,6-7H2,1H3. The molecule has 0 saturated heterocycles. The van der Waals surface area contributed by atoms with Gasteiger partial charge in [-0.15, -0.1) is 0 Å². The molecule has 3 heteroatoms.